The lowest BCUT2D eigenvalue weighted by Crippen LogP contribution is -2.42. The van der Waals surface area contributed by atoms with Crippen LogP contribution in [0, 0.1) is 11.8 Å². The van der Waals surface area contributed by atoms with E-state index in [9.17, 15) is 9.59 Å². The van der Waals surface area contributed by atoms with Crippen molar-refractivity contribution in [1.82, 2.24) is 15.5 Å². The van der Waals surface area contributed by atoms with Gasteiger partial charge in [-0.15, -0.1) is 0 Å². The van der Waals surface area contributed by atoms with Crippen LogP contribution >= 0.6 is 0 Å². The van der Waals surface area contributed by atoms with Gasteiger partial charge in [-0.3, -0.25) is 14.5 Å². The van der Waals surface area contributed by atoms with E-state index in [1.165, 1.54) is 0 Å². The molecule has 0 aromatic heterocycles. The first-order valence-electron chi connectivity index (χ1n) is 6.93. The van der Waals surface area contributed by atoms with Crippen molar-refractivity contribution >= 4 is 11.9 Å². The molecule has 0 aromatic rings. The fraction of sp³-hybridized carbons (Fsp3) is 0.846. The molecule has 6 nitrogen and oxygen atoms in total. The number of rotatable bonds is 6. The highest BCUT2D eigenvalue weighted by Crippen LogP contribution is 2.09. The monoisotopic (exact) mass is 271 g/mol. The lowest BCUT2D eigenvalue weighted by atomic mass is 9.96. The van der Waals surface area contributed by atoms with E-state index in [1.54, 1.807) is 0 Å². The van der Waals surface area contributed by atoms with E-state index in [1.807, 2.05) is 13.8 Å². The SMILES string of the molecule is CC(C)C(CNC(=O)CN1CCCNCC1)C(=O)O. The Morgan fingerprint density at radius 2 is 2.05 bits per heavy atom. The summed E-state index contributed by atoms with van der Waals surface area (Å²) >= 11 is 0. The molecule has 1 saturated heterocycles. The molecule has 1 amide bonds. The van der Waals surface area contributed by atoms with E-state index >= 15 is 0 Å². The Hall–Kier alpha value is -1.14. The van der Waals surface area contributed by atoms with E-state index < -0.39 is 11.9 Å². The molecule has 1 aliphatic heterocycles. The molecule has 1 heterocycles. The molecule has 1 aliphatic rings. The molecule has 1 fully saturated rings. The standard InChI is InChI=1S/C13H25N3O3/c1-10(2)11(13(18)19)8-15-12(17)9-16-6-3-4-14-5-7-16/h10-11,14H,3-9H2,1-2H3,(H,15,17)(H,18,19). The van der Waals surface area contributed by atoms with Crippen LogP contribution in [-0.2, 0) is 9.59 Å². The molecule has 1 atom stereocenters. The Balaban J connectivity index is 2.31. The molecule has 1 rings (SSSR count). The van der Waals surface area contributed by atoms with Crippen LogP contribution in [0.3, 0.4) is 0 Å². The van der Waals surface area contributed by atoms with Crippen LogP contribution in [0.1, 0.15) is 20.3 Å². The van der Waals surface area contributed by atoms with E-state index in [2.05, 4.69) is 15.5 Å². The average Bonchev–Trinajstić information content (AvgIpc) is 2.56. The number of hydrogen-bond acceptors (Lipinski definition) is 4. The predicted molar refractivity (Wildman–Crippen MR) is 72.9 cm³/mol. The van der Waals surface area contributed by atoms with Crippen LogP contribution in [0.15, 0.2) is 0 Å². The smallest absolute Gasteiger partial charge is 0.308 e. The molecule has 0 saturated carbocycles. The van der Waals surface area contributed by atoms with Gasteiger partial charge < -0.3 is 15.7 Å². The summed E-state index contributed by atoms with van der Waals surface area (Å²) in [5, 5.41) is 15.1. The van der Waals surface area contributed by atoms with E-state index in [4.69, 9.17) is 5.11 Å². The molecule has 1 unspecified atom stereocenters. The summed E-state index contributed by atoms with van der Waals surface area (Å²) < 4.78 is 0. The van der Waals surface area contributed by atoms with Crippen molar-refractivity contribution < 1.29 is 14.7 Å². The fourth-order valence-electron chi connectivity index (χ4n) is 2.15. The van der Waals surface area contributed by atoms with Gasteiger partial charge in [0.1, 0.15) is 0 Å². The molecule has 0 bridgehead atoms. The quantitative estimate of drug-likeness (QED) is 0.621. The number of hydrogen-bond donors (Lipinski definition) is 3. The number of carbonyl (C=O) groups is 2. The zero-order valence-corrected chi connectivity index (χ0v) is 11.8. The lowest BCUT2D eigenvalue weighted by molar-refractivity contribution is -0.143. The fourth-order valence-corrected chi connectivity index (χ4v) is 2.15. The van der Waals surface area contributed by atoms with Crippen LogP contribution in [0.4, 0.5) is 0 Å². The minimum absolute atomic E-state index is 0.0141. The second-order valence-corrected chi connectivity index (χ2v) is 5.37. The van der Waals surface area contributed by atoms with Crippen molar-refractivity contribution in [2.24, 2.45) is 11.8 Å². The molecular formula is C13H25N3O3. The van der Waals surface area contributed by atoms with Crippen LogP contribution in [0.5, 0.6) is 0 Å². The van der Waals surface area contributed by atoms with Gasteiger partial charge in [-0.2, -0.15) is 0 Å². The molecule has 0 radical (unpaired) electrons. The van der Waals surface area contributed by atoms with E-state index in [-0.39, 0.29) is 18.4 Å². The second kappa shape index (κ2) is 8.12. The minimum Gasteiger partial charge on any atom is -0.481 e. The zero-order chi connectivity index (χ0) is 14.3. The maximum absolute atomic E-state index is 11.8. The summed E-state index contributed by atoms with van der Waals surface area (Å²) in [6.07, 6.45) is 1.04. The Labute approximate surface area is 114 Å². The summed E-state index contributed by atoms with van der Waals surface area (Å²) in [5.74, 6) is -1.45. The highest BCUT2D eigenvalue weighted by atomic mass is 16.4. The van der Waals surface area contributed by atoms with Crippen molar-refractivity contribution in [3.05, 3.63) is 0 Å². The van der Waals surface area contributed by atoms with Gasteiger partial charge in [0.2, 0.25) is 5.91 Å². The normalized spacial score (nSPS) is 18.9. The molecule has 6 heteroatoms. The van der Waals surface area contributed by atoms with Gasteiger partial charge in [0.25, 0.3) is 0 Å². The van der Waals surface area contributed by atoms with Crippen molar-refractivity contribution in [3.63, 3.8) is 0 Å². The van der Waals surface area contributed by atoms with Gasteiger partial charge in [0, 0.05) is 19.6 Å². The summed E-state index contributed by atoms with van der Waals surface area (Å²) in [6.45, 7) is 7.93. The largest absolute Gasteiger partial charge is 0.481 e. The summed E-state index contributed by atoms with van der Waals surface area (Å²) in [7, 11) is 0. The van der Waals surface area contributed by atoms with Crippen molar-refractivity contribution in [3.8, 4) is 0 Å². The number of nitrogens with one attached hydrogen (secondary N) is 2. The lowest BCUT2D eigenvalue weighted by Gasteiger charge is -2.20. The first kappa shape index (κ1) is 15.9. The highest BCUT2D eigenvalue weighted by Gasteiger charge is 2.22. The van der Waals surface area contributed by atoms with Gasteiger partial charge in [-0.25, -0.2) is 0 Å². The minimum atomic E-state index is -0.853. The van der Waals surface area contributed by atoms with Crippen LogP contribution < -0.4 is 10.6 Å². The second-order valence-electron chi connectivity index (χ2n) is 5.37. The van der Waals surface area contributed by atoms with E-state index in [0.29, 0.717) is 6.54 Å². The Morgan fingerprint density at radius 3 is 2.68 bits per heavy atom. The average molecular weight is 271 g/mol. The number of carboxylic acids is 1. The van der Waals surface area contributed by atoms with Crippen LogP contribution in [-0.4, -0.2) is 61.2 Å². The number of nitrogens with zero attached hydrogens (tertiary/aromatic N) is 1. The third-order valence-corrected chi connectivity index (χ3v) is 3.44. The Kier molecular flexibility index (Phi) is 6.80. The summed E-state index contributed by atoms with van der Waals surface area (Å²) in [5.41, 5.74) is 0. The zero-order valence-electron chi connectivity index (χ0n) is 11.8. The van der Waals surface area contributed by atoms with Gasteiger partial charge in [0.15, 0.2) is 0 Å². The molecular weight excluding hydrogens is 246 g/mol. The topological polar surface area (TPSA) is 81.7 Å². The first-order valence-corrected chi connectivity index (χ1v) is 6.93. The molecule has 19 heavy (non-hydrogen) atoms. The molecule has 0 spiro atoms. The summed E-state index contributed by atoms with van der Waals surface area (Å²) in [6, 6.07) is 0. The number of carbonyl (C=O) groups excluding carboxylic acids is 1. The van der Waals surface area contributed by atoms with E-state index in [0.717, 1.165) is 32.6 Å². The maximum atomic E-state index is 11.8. The first-order chi connectivity index (χ1) is 9.00. The van der Waals surface area contributed by atoms with Crippen LogP contribution in [0.25, 0.3) is 0 Å². The number of carboxylic acid groups (broad SMARTS) is 1. The maximum Gasteiger partial charge on any atom is 0.308 e. The third kappa shape index (κ3) is 6.02. The molecule has 0 aromatic carbocycles. The van der Waals surface area contributed by atoms with Crippen molar-refractivity contribution in [2.45, 2.75) is 20.3 Å². The summed E-state index contributed by atoms with van der Waals surface area (Å²) in [4.78, 5) is 24.9. The molecule has 3 N–H and O–H groups in total. The molecule has 110 valence electrons. The predicted octanol–water partition coefficient (Wildman–Crippen LogP) is -0.245. The van der Waals surface area contributed by atoms with Crippen LogP contribution in [0.2, 0.25) is 0 Å². The highest BCUT2D eigenvalue weighted by molar-refractivity contribution is 5.79. The van der Waals surface area contributed by atoms with Gasteiger partial charge in [-0.05, 0) is 25.4 Å². The van der Waals surface area contributed by atoms with Crippen molar-refractivity contribution in [1.29, 1.82) is 0 Å². The van der Waals surface area contributed by atoms with Gasteiger partial charge in [0.05, 0.1) is 12.5 Å². The number of amides is 1. The Bertz CT molecular complexity index is 300. The molecule has 0 aliphatic carbocycles. The Morgan fingerprint density at radius 1 is 1.32 bits per heavy atom. The van der Waals surface area contributed by atoms with Crippen molar-refractivity contribution in [2.75, 3.05) is 39.3 Å². The van der Waals surface area contributed by atoms with Gasteiger partial charge >= 0.3 is 5.97 Å². The van der Waals surface area contributed by atoms with Gasteiger partial charge in [-0.1, -0.05) is 13.8 Å². The third-order valence-electron chi connectivity index (χ3n) is 3.44. The number of aliphatic carboxylic acids is 1.